The summed E-state index contributed by atoms with van der Waals surface area (Å²) in [5, 5.41) is 2.78. The maximum Gasteiger partial charge on any atom is 0.247 e. The smallest absolute Gasteiger partial charge is 0.247 e. The van der Waals surface area contributed by atoms with E-state index in [0.29, 0.717) is 5.69 Å². The minimum Gasteiger partial charge on any atom is -0.300 e. The number of carbonyl (C=O) groups is 2. The standard InChI is InChI=1S/C12H14N2O2/c1-8-3-4-9(2)10(5-8)14-11(15)6-13-7-12(14)16/h3-5,13H,6-7H2,1-2H3. The molecule has 2 rings (SSSR count). The van der Waals surface area contributed by atoms with E-state index >= 15 is 0 Å². The lowest BCUT2D eigenvalue weighted by Gasteiger charge is -2.27. The molecular weight excluding hydrogens is 204 g/mol. The first-order valence-electron chi connectivity index (χ1n) is 5.23. The summed E-state index contributed by atoms with van der Waals surface area (Å²) in [6.45, 7) is 4.29. The SMILES string of the molecule is Cc1ccc(C)c(N2C(=O)CNCC2=O)c1. The van der Waals surface area contributed by atoms with Crippen LogP contribution in [0.25, 0.3) is 0 Å². The van der Waals surface area contributed by atoms with E-state index in [2.05, 4.69) is 5.32 Å². The summed E-state index contributed by atoms with van der Waals surface area (Å²) in [5.41, 5.74) is 2.69. The lowest BCUT2D eigenvalue weighted by molar-refractivity contribution is -0.127. The summed E-state index contributed by atoms with van der Waals surface area (Å²) in [6, 6.07) is 5.76. The van der Waals surface area contributed by atoms with Crippen molar-refractivity contribution in [1.82, 2.24) is 5.32 Å². The van der Waals surface area contributed by atoms with Crippen LogP contribution in [0.15, 0.2) is 18.2 Å². The Kier molecular flexibility index (Phi) is 2.75. The van der Waals surface area contributed by atoms with E-state index in [4.69, 9.17) is 0 Å². The normalized spacial score (nSPS) is 16.8. The van der Waals surface area contributed by atoms with E-state index in [1.165, 1.54) is 4.90 Å². The van der Waals surface area contributed by atoms with Crippen molar-refractivity contribution in [1.29, 1.82) is 0 Å². The van der Waals surface area contributed by atoms with Crippen LogP contribution in [-0.2, 0) is 9.59 Å². The third kappa shape index (κ3) is 1.84. The lowest BCUT2D eigenvalue weighted by Crippen LogP contribution is -2.52. The second kappa shape index (κ2) is 4.06. The third-order valence-corrected chi connectivity index (χ3v) is 2.66. The fourth-order valence-electron chi connectivity index (χ4n) is 1.80. The highest BCUT2D eigenvalue weighted by atomic mass is 16.2. The summed E-state index contributed by atoms with van der Waals surface area (Å²) in [4.78, 5) is 24.7. The predicted molar refractivity (Wildman–Crippen MR) is 61.3 cm³/mol. The summed E-state index contributed by atoms with van der Waals surface area (Å²) in [5.74, 6) is -0.380. The van der Waals surface area contributed by atoms with Crippen LogP contribution in [0.4, 0.5) is 5.69 Å². The van der Waals surface area contributed by atoms with Crippen molar-refractivity contribution in [3.05, 3.63) is 29.3 Å². The first kappa shape index (κ1) is 10.8. The van der Waals surface area contributed by atoms with Gasteiger partial charge in [0.15, 0.2) is 0 Å². The largest absolute Gasteiger partial charge is 0.300 e. The van der Waals surface area contributed by atoms with E-state index in [-0.39, 0.29) is 24.9 Å². The van der Waals surface area contributed by atoms with Crippen LogP contribution in [0.3, 0.4) is 0 Å². The molecule has 1 fully saturated rings. The van der Waals surface area contributed by atoms with Crippen LogP contribution in [0.2, 0.25) is 0 Å². The molecule has 1 saturated heterocycles. The number of piperazine rings is 1. The summed E-state index contributed by atoms with van der Waals surface area (Å²) in [7, 11) is 0. The minimum atomic E-state index is -0.190. The number of amides is 2. The average Bonchev–Trinajstić information content (AvgIpc) is 2.23. The lowest BCUT2D eigenvalue weighted by atomic mass is 10.1. The molecule has 0 aliphatic carbocycles. The number of rotatable bonds is 1. The maximum atomic E-state index is 11.7. The van der Waals surface area contributed by atoms with Crippen molar-refractivity contribution in [3.8, 4) is 0 Å². The molecule has 0 spiro atoms. The van der Waals surface area contributed by atoms with Gasteiger partial charge < -0.3 is 0 Å². The minimum absolute atomic E-state index is 0.190. The number of hydrogen-bond acceptors (Lipinski definition) is 3. The molecule has 1 N–H and O–H groups in total. The van der Waals surface area contributed by atoms with Gasteiger partial charge >= 0.3 is 0 Å². The van der Waals surface area contributed by atoms with Crippen LogP contribution in [0, 0.1) is 13.8 Å². The summed E-state index contributed by atoms with van der Waals surface area (Å²) >= 11 is 0. The van der Waals surface area contributed by atoms with Crippen LogP contribution >= 0.6 is 0 Å². The molecule has 0 unspecified atom stereocenters. The van der Waals surface area contributed by atoms with Gasteiger partial charge in [-0.05, 0) is 31.0 Å². The van der Waals surface area contributed by atoms with Crippen molar-refractivity contribution in [3.63, 3.8) is 0 Å². The van der Waals surface area contributed by atoms with Gasteiger partial charge in [0.05, 0.1) is 18.8 Å². The maximum absolute atomic E-state index is 11.7. The molecule has 0 atom stereocenters. The molecule has 16 heavy (non-hydrogen) atoms. The highest BCUT2D eigenvalue weighted by Crippen LogP contribution is 2.22. The van der Waals surface area contributed by atoms with Gasteiger partial charge in [0.1, 0.15) is 0 Å². The van der Waals surface area contributed by atoms with Gasteiger partial charge in [-0.3, -0.25) is 14.9 Å². The molecule has 0 aromatic heterocycles. The van der Waals surface area contributed by atoms with Crippen molar-refractivity contribution < 1.29 is 9.59 Å². The highest BCUT2D eigenvalue weighted by molar-refractivity contribution is 6.18. The Bertz CT molecular complexity index is 438. The predicted octanol–water partition coefficient (Wildman–Crippen LogP) is 0.766. The Hall–Kier alpha value is -1.68. The molecule has 4 nitrogen and oxygen atoms in total. The topological polar surface area (TPSA) is 49.4 Å². The van der Waals surface area contributed by atoms with Crippen molar-refractivity contribution in [2.45, 2.75) is 13.8 Å². The Balaban J connectivity index is 2.45. The Morgan fingerprint density at radius 3 is 2.38 bits per heavy atom. The van der Waals surface area contributed by atoms with Crippen LogP contribution in [0.5, 0.6) is 0 Å². The zero-order valence-corrected chi connectivity index (χ0v) is 9.41. The number of aryl methyl sites for hydroxylation is 2. The van der Waals surface area contributed by atoms with Gasteiger partial charge in [-0.2, -0.15) is 0 Å². The first-order chi connectivity index (χ1) is 7.59. The van der Waals surface area contributed by atoms with Crippen LogP contribution in [0.1, 0.15) is 11.1 Å². The van der Waals surface area contributed by atoms with E-state index in [1.54, 1.807) is 0 Å². The number of anilines is 1. The number of imide groups is 1. The fraction of sp³-hybridized carbons (Fsp3) is 0.333. The average molecular weight is 218 g/mol. The molecule has 0 saturated carbocycles. The molecule has 1 aromatic rings. The molecule has 1 heterocycles. The molecule has 1 aliphatic rings. The number of benzene rings is 1. The highest BCUT2D eigenvalue weighted by Gasteiger charge is 2.27. The molecular formula is C12H14N2O2. The van der Waals surface area contributed by atoms with Crippen molar-refractivity contribution in [2.75, 3.05) is 18.0 Å². The first-order valence-corrected chi connectivity index (χ1v) is 5.23. The van der Waals surface area contributed by atoms with Gasteiger partial charge in [-0.15, -0.1) is 0 Å². The van der Waals surface area contributed by atoms with Gasteiger partial charge in [0.2, 0.25) is 11.8 Å². The Labute approximate surface area is 94.2 Å². The van der Waals surface area contributed by atoms with Gasteiger partial charge in [-0.1, -0.05) is 12.1 Å². The van der Waals surface area contributed by atoms with Crippen molar-refractivity contribution in [2.24, 2.45) is 0 Å². The molecule has 1 aromatic carbocycles. The quantitative estimate of drug-likeness (QED) is 0.708. The fourth-order valence-corrected chi connectivity index (χ4v) is 1.80. The number of nitrogens with one attached hydrogen (secondary N) is 1. The number of hydrogen-bond donors (Lipinski definition) is 1. The molecule has 0 bridgehead atoms. The van der Waals surface area contributed by atoms with Crippen LogP contribution in [-0.4, -0.2) is 24.9 Å². The molecule has 1 aliphatic heterocycles. The van der Waals surface area contributed by atoms with E-state index < -0.39 is 0 Å². The molecule has 0 radical (unpaired) electrons. The Morgan fingerprint density at radius 2 is 1.75 bits per heavy atom. The zero-order valence-electron chi connectivity index (χ0n) is 9.41. The van der Waals surface area contributed by atoms with Gasteiger partial charge in [0.25, 0.3) is 0 Å². The van der Waals surface area contributed by atoms with Gasteiger partial charge in [-0.25, -0.2) is 4.90 Å². The van der Waals surface area contributed by atoms with Crippen molar-refractivity contribution >= 4 is 17.5 Å². The van der Waals surface area contributed by atoms with E-state index in [0.717, 1.165) is 11.1 Å². The molecule has 4 heteroatoms. The second-order valence-corrected chi connectivity index (χ2v) is 4.02. The summed E-state index contributed by atoms with van der Waals surface area (Å²) < 4.78 is 0. The van der Waals surface area contributed by atoms with Gasteiger partial charge in [0, 0.05) is 0 Å². The Morgan fingerprint density at radius 1 is 1.12 bits per heavy atom. The van der Waals surface area contributed by atoms with E-state index in [1.807, 2.05) is 32.0 Å². The monoisotopic (exact) mass is 218 g/mol. The zero-order chi connectivity index (χ0) is 11.7. The van der Waals surface area contributed by atoms with Crippen LogP contribution < -0.4 is 10.2 Å². The second-order valence-electron chi connectivity index (χ2n) is 4.02. The van der Waals surface area contributed by atoms with E-state index in [9.17, 15) is 9.59 Å². The summed E-state index contributed by atoms with van der Waals surface area (Å²) in [6.07, 6.45) is 0. The number of carbonyl (C=O) groups excluding carboxylic acids is 2. The third-order valence-electron chi connectivity index (χ3n) is 2.66. The number of nitrogens with zero attached hydrogens (tertiary/aromatic N) is 1. The molecule has 84 valence electrons. The molecule has 2 amide bonds.